The number of aromatic nitrogens is 2. The van der Waals surface area contributed by atoms with Gasteiger partial charge in [-0.2, -0.15) is 4.98 Å². The molecule has 1 aromatic heterocycles. The highest BCUT2D eigenvalue weighted by Crippen LogP contribution is 2.28. The zero-order valence-electron chi connectivity index (χ0n) is 11.1. The molecule has 0 spiro atoms. The van der Waals surface area contributed by atoms with Crippen molar-refractivity contribution in [3.05, 3.63) is 52.8 Å². The maximum atomic E-state index is 13.3. The fourth-order valence-electron chi connectivity index (χ4n) is 1.90. The molecule has 2 aromatic carbocycles. The van der Waals surface area contributed by atoms with E-state index in [1.54, 1.807) is 37.3 Å². The molecule has 0 atom stereocenters. The van der Waals surface area contributed by atoms with Crippen molar-refractivity contribution < 1.29 is 8.91 Å². The summed E-state index contributed by atoms with van der Waals surface area (Å²) in [5, 5.41) is 4.32. The lowest BCUT2D eigenvalue weighted by Gasteiger charge is -1.99. The Bertz CT molecular complexity index is 750. The maximum Gasteiger partial charge on any atom is 0.258 e. The predicted molar refractivity (Wildman–Crippen MR) is 79.3 cm³/mol. The fraction of sp³-hybridized carbons (Fsp3) is 0.0667. The first-order valence-corrected chi connectivity index (χ1v) is 6.58. The van der Waals surface area contributed by atoms with Crippen LogP contribution >= 0.6 is 11.6 Å². The molecular formula is C15H11ClFN3O. The molecule has 0 saturated carbocycles. The molecule has 0 aliphatic carbocycles. The van der Waals surface area contributed by atoms with E-state index in [4.69, 9.17) is 21.9 Å². The highest BCUT2D eigenvalue weighted by atomic mass is 35.5. The van der Waals surface area contributed by atoms with Crippen LogP contribution in [0.2, 0.25) is 5.02 Å². The van der Waals surface area contributed by atoms with Crippen LogP contribution in [0.5, 0.6) is 0 Å². The first-order valence-electron chi connectivity index (χ1n) is 6.20. The van der Waals surface area contributed by atoms with Crippen molar-refractivity contribution in [1.29, 1.82) is 0 Å². The van der Waals surface area contributed by atoms with Gasteiger partial charge in [0.2, 0.25) is 5.82 Å². The van der Waals surface area contributed by atoms with E-state index in [-0.39, 0.29) is 5.82 Å². The van der Waals surface area contributed by atoms with Crippen LogP contribution in [-0.2, 0) is 0 Å². The highest BCUT2D eigenvalue weighted by Gasteiger charge is 2.12. The monoisotopic (exact) mass is 303 g/mol. The summed E-state index contributed by atoms with van der Waals surface area (Å²) in [5.74, 6) is 0.447. The molecule has 3 rings (SSSR count). The first kappa shape index (κ1) is 13.6. The third kappa shape index (κ3) is 2.60. The molecule has 21 heavy (non-hydrogen) atoms. The molecule has 2 N–H and O–H groups in total. The number of nitrogens with zero attached hydrogens (tertiary/aromatic N) is 2. The minimum Gasteiger partial charge on any atom is -0.398 e. The van der Waals surface area contributed by atoms with Crippen molar-refractivity contribution in [2.45, 2.75) is 6.92 Å². The van der Waals surface area contributed by atoms with Gasteiger partial charge in [0.15, 0.2) is 0 Å². The number of nitrogen functional groups attached to an aromatic ring is 1. The standard InChI is InChI=1S/C15H11ClFN3O/c1-8-6-9(2-4-12(8)17)14-19-15(21-20-14)10-3-5-13(18)11(16)7-10/h2-7H,18H2,1H3. The van der Waals surface area contributed by atoms with Gasteiger partial charge in [0.1, 0.15) is 5.82 Å². The molecule has 0 aliphatic heterocycles. The topological polar surface area (TPSA) is 64.9 Å². The number of hydrogen-bond donors (Lipinski definition) is 1. The van der Waals surface area contributed by atoms with E-state index in [9.17, 15) is 4.39 Å². The summed E-state index contributed by atoms with van der Waals surface area (Å²) in [4.78, 5) is 4.29. The summed E-state index contributed by atoms with van der Waals surface area (Å²) in [7, 11) is 0. The van der Waals surface area contributed by atoms with Gasteiger partial charge < -0.3 is 10.3 Å². The van der Waals surface area contributed by atoms with Crippen LogP contribution in [0.4, 0.5) is 10.1 Å². The molecule has 0 amide bonds. The Labute approximate surface area is 125 Å². The molecule has 0 aliphatic rings. The second-order valence-corrected chi connectivity index (χ2v) is 5.03. The first-order chi connectivity index (χ1) is 10.0. The van der Waals surface area contributed by atoms with Crippen LogP contribution < -0.4 is 5.73 Å². The maximum absolute atomic E-state index is 13.3. The van der Waals surface area contributed by atoms with Gasteiger partial charge in [0.05, 0.1) is 10.7 Å². The Kier molecular flexibility index (Phi) is 3.35. The van der Waals surface area contributed by atoms with Crippen molar-refractivity contribution in [3.63, 3.8) is 0 Å². The average molecular weight is 304 g/mol. The molecule has 4 nitrogen and oxygen atoms in total. The minimum absolute atomic E-state index is 0.271. The van der Waals surface area contributed by atoms with E-state index in [1.165, 1.54) is 6.07 Å². The third-order valence-corrected chi connectivity index (χ3v) is 3.42. The summed E-state index contributed by atoms with van der Waals surface area (Å²) < 4.78 is 18.5. The molecule has 0 saturated heterocycles. The van der Waals surface area contributed by atoms with Crippen LogP contribution in [0.15, 0.2) is 40.9 Å². The molecule has 0 radical (unpaired) electrons. The van der Waals surface area contributed by atoms with E-state index in [0.29, 0.717) is 39.1 Å². The number of aryl methyl sites for hydroxylation is 1. The third-order valence-electron chi connectivity index (χ3n) is 3.09. The second kappa shape index (κ2) is 5.18. The van der Waals surface area contributed by atoms with E-state index in [0.717, 1.165) is 0 Å². The second-order valence-electron chi connectivity index (χ2n) is 4.62. The molecule has 3 aromatic rings. The Morgan fingerprint density at radius 3 is 2.62 bits per heavy atom. The number of hydrogen-bond acceptors (Lipinski definition) is 4. The van der Waals surface area contributed by atoms with Gasteiger partial charge >= 0.3 is 0 Å². The smallest absolute Gasteiger partial charge is 0.258 e. The van der Waals surface area contributed by atoms with E-state index in [1.807, 2.05) is 0 Å². The van der Waals surface area contributed by atoms with Crippen LogP contribution in [0, 0.1) is 12.7 Å². The Balaban J connectivity index is 1.99. The van der Waals surface area contributed by atoms with Crippen molar-refractivity contribution in [1.82, 2.24) is 10.1 Å². The Morgan fingerprint density at radius 2 is 1.90 bits per heavy atom. The summed E-state index contributed by atoms with van der Waals surface area (Å²) in [5.41, 5.74) is 8.02. The zero-order chi connectivity index (χ0) is 15.0. The van der Waals surface area contributed by atoms with Crippen LogP contribution in [0.25, 0.3) is 22.8 Å². The van der Waals surface area contributed by atoms with Gasteiger partial charge in [0.25, 0.3) is 5.89 Å². The number of benzene rings is 2. The van der Waals surface area contributed by atoms with Crippen LogP contribution in [-0.4, -0.2) is 10.1 Å². The normalized spacial score (nSPS) is 10.8. The summed E-state index contributed by atoms with van der Waals surface area (Å²) >= 11 is 5.97. The molecule has 6 heteroatoms. The SMILES string of the molecule is Cc1cc(-c2noc(-c3ccc(N)c(Cl)c3)n2)ccc1F. The molecular weight excluding hydrogens is 293 g/mol. The molecule has 0 fully saturated rings. The molecule has 106 valence electrons. The summed E-state index contributed by atoms with van der Waals surface area (Å²) in [6, 6.07) is 9.72. The lowest BCUT2D eigenvalue weighted by molar-refractivity contribution is 0.432. The number of halogens is 2. The van der Waals surface area contributed by atoms with Crippen LogP contribution in [0.1, 0.15) is 5.56 Å². The Hall–Kier alpha value is -2.40. The van der Waals surface area contributed by atoms with Crippen molar-refractivity contribution in [2.24, 2.45) is 0 Å². The van der Waals surface area contributed by atoms with Crippen molar-refractivity contribution in [3.8, 4) is 22.8 Å². The average Bonchev–Trinajstić information content (AvgIpc) is 2.94. The van der Waals surface area contributed by atoms with Gasteiger partial charge in [0, 0.05) is 11.1 Å². The van der Waals surface area contributed by atoms with Gasteiger partial charge in [-0.25, -0.2) is 4.39 Å². The van der Waals surface area contributed by atoms with Gasteiger partial charge in [-0.15, -0.1) is 0 Å². The number of rotatable bonds is 2. The fourth-order valence-corrected chi connectivity index (χ4v) is 2.08. The molecule has 0 unspecified atom stereocenters. The lowest BCUT2D eigenvalue weighted by Crippen LogP contribution is -1.87. The number of anilines is 1. The van der Waals surface area contributed by atoms with Gasteiger partial charge in [-0.3, -0.25) is 0 Å². The predicted octanol–water partition coefficient (Wildman–Crippen LogP) is 4.09. The largest absolute Gasteiger partial charge is 0.398 e. The highest BCUT2D eigenvalue weighted by molar-refractivity contribution is 6.33. The van der Waals surface area contributed by atoms with Gasteiger partial charge in [-0.05, 0) is 48.9 Å². The molecule has 0 bridgehead atoms. The summed E-state index contributed by atoms with van der Waals surface area (Å²) in [6.07, 6.45) is 0. The Morgan fingerprint density at radius 1 is 1.14 bits per heavy atom. The van der Waals surface area contributed by atoms with Crippen molar-refractivity contribution in [2.75, 3.05) is 5.73 Å². The van der Waals surface area contributed by atoms with Gasteiger partial charge in [-0.1, -0.05) is 16.8 Å². The minimum atomic E-state index is -0.271. The van der Waals surface area contributed by atoms with E-state index < -0.39 is 0 Å². The summed E-state index contributed by atoms with van der Waals surface area (Å²) in [6.45, 7) is 1.68. The van der Waals surface area contributed by atoms with E-state index >= 15 is 0 Å². The number of nitrogens with two attached hydrogens (primary N) is 1. The zero-order valence-corrected chi connectivity index (χ0v) is 11.9. The lowest BCUT2D eigenvalue weighted by atomic mass is 10.1. The quantitative estimate of drug-likeness (QED) is 0.724. The van der Waals surface area contributed by atoms with Crippen molar-refractivity contribution >= 4 is 17.3 Å². The van der Waals surface area contributed by atoms with Crippen LogP contribution in [0.3, 0.4) is 0 Å². The van der Waals surface area contributed by atoms with E-state index in [2.05, 4.69) is 10.1 Å². The molecule has 1 heterocycles.